The zero-order valence-electron chi connectivity index (χ0n) is 8.97. The molecule has 0 unspecified atom stereocenters. The first-order valence-corrected chi connectivity index (χ1v) is 4.90. The van der Waals surface area contributed by atoms with Crippen molar-refractivity contribution < 1.29 is 4.52 Å². The Kier molecular flexibility index (Phi) is 2.83. The van der Waals surface area contributed by atoms with E-state index in [-0.39, 0.29) is 0 Å². The Morgan fingerprint density at radius 2 is 2.13 bits per heavy atom. The minimum Gasteiger partial charge on any atom is -0.364 e. The fourth-order valence-corrected chi connectivity index (χ4v) is 1.56. The summed E-state index contributed by atoms with van der Waals surface area (Å²) in [5.74, 6) is 0. The van der Waals surface area contributed by atoms with E-state index in [2.05, 4.69) is 36.3 Å². The molecule has 15 heavy (non-hydrogen) atoms. The maximum absolute atomic E-state index is 4.83. The molecule has 0 saturated heterocycles. The average molecular weight is 202 g/mol. The molecule has 0 radical (unpaired) electrons. The van der Waals surface area contributed by atoms with Crippen LogP contribution in [0.3, 0.4) is 0 Å². The Balaban J connectivity index is 2.27. The summed E-state index contributed by atoms with van der Waals surface area (Å²) >= 11 is 0. The molecule has 0 fully saturated rings. The van der Waals surface area contributed by atoms with Gasteiger partial charge in [-0.05, 0) is 25.7 Å². The molecule has 1 heterocycles. The summed E-state index contributed by atoms with van der Waals surface area (Å²) < 4.78 is 4.83. The quantitative estimate of drug-likeness (QED) is 0.765. The van der Waals surface area contributed by atoms with E-state index in [9.17, 15) is 0 Å². The van der Waals surface area contributed by atoms with E-state index in [1.54, 1.807) is 6.26 Å². The minimum absolute atomic E-state index is 0.885. The average Bonchev–Trinajstić information content (AvgIpc) is 2.69. The van der Waals surface area contributed by atoms with Crippen LogP contribution in [0.2, 0.25) is 0 Å². The normalized spacial score (nSPS) is 10.9. The first kappa shape index (κ1) is 9.93. The van der Waals surface area contributed by atoms with Gasteiger partial charge in [0.25, 0.3) is 0 Å². The predicted octanol–water partition coefficient (Wildman–Crippen LogP) is 2.40. The molecule has 2 aromatic rings. The number of hydrogen-bond acceptors (Lipinski definition) is 3. The van der Waals surface area contributed by atoms with E-state index in [0.717, 1.165) is 17.8 Å². The lowest BCUT2D eigenvalue weighted by atomic mass is 10.1. The molecule has 0 amide bonds. The van der Waals surface area contributed by atoms with E-state index < -0.39 is 0 Å². The maximum atomic E-state index is 4.83. The zero-order chi connectivity index (χ0) is 10.7. The number of aromatic nitrogens is 1. The van der Waals surface area contributed by atoms with Gasteiger partial charge in [-0.25, -0.2) is 0 Å². The highest BCUT2D eigenvalue weighted by Gasteiger charge is 2.02. The van der Waals surface area contributed by atoms with Crippen molar-refractivity contribution in [3.8, 4) is 11.3 Å². The summed E-state index contributed by atoms with van der Waals surface area (Å²) in [6.45, 7) is 0.936. The molecule has 0 N–H and O–H groups in total. The van der Waals surface area contributed by atoms with Crippen molar-refractivity contribution in [2.24, 2.45) is 0 Å². The molecule has 0 saturated carbocycles. The second-order valence-corrected chi connectivity index (χ2v) is 3.82. The van der Waals surface area contributed by atoms with Crippen LogP contribution in [-0.4, -0.2) is 24.2 Å². The molecule has 78 valence electrons. The number of nitrogens with zero attached hydrogens (tertiary/aromatic N) is 2. The van der Waals surface area contributed by atoms with E-state index >= 15 is 0 Å². The minimum atomic E-state index is 0.885. The molecular formula is C12H14N2O. The van der Waals surface area contributed by atoms with Crippen molar-refractivity contribution in [3.05, 3.63) is 42.2 Å². The first-order valence-electron chi connectivity index (χ1n) is 4.90. The Morgan fingerprint density at radius 3 is 2.80 bits per heavy atom. The third kappa shape index (κ3) is 2.44. The van der Waals surface area contributed by atoms with E-state index in [0.29, 0.717) is 0 Å². The third-order valence-corrected chi connectivity index (χ3v) is 2.16. The standard InChI is InChI=1S/C12H14N2O/c1-14(2)9-10-4-3-5-11(8-10)12-6-7-15-13-12/h3-8H,9H2,1-2H3. The van der Waals surface area contributed by atoms with Gasteiger partial charge in [0, 0.05) is 18.2 Å². The van der Waals surface area contributed by atoms with Crippen LogP contribution in [0.5, 0.6) is 0 Å². The molecule has 0 spiro atoms. The summed E-state index contributed by atoms with van der Waals surface area (Å²) in [6, 6.07) is 10.2. The molecule has 3 nitrogen and oxygen atoms in total. The van der Waals surface area contributed by atoms with Crippen LogP contribution in [0.1, 0.15) is 5.56 Å². The van der Waals surface area contributed by atoms with E-state index in [1.807, 2.05) is 18.2 Å². The van der Waals surface area contributed by atoms with Crippen LogP contribution in [0.4, 0.5) is 0 Å². The van der Waals surface area contributed by atoms with E-state index in [4.69, 9.17) is 4.52 Å². The lowest BCUT2D eigenvalue weighted by Crippen LogP contribution is -2.10. The van der Waals surface area contributed by atoms with Gasteiger partial charge in [0.05, 0.1) is 0 Å². The second-order valence-electron chi connectivity index (χ2n) is 3.82. The summed E-state index contributed by atoms with van der Waals surface area (Å²) in [6.07, 6.45) is 1.59. The molecule has 0 atom stereocenters. The van der Waals surface area contributed by atoms with Crippen molar-refractivity contribution in [1.82, 2.24) is 10.1 Å². The van der Waals surface area contributed by atoms with Crippen molar-refractivity contribution >= 4 is 0 Å². The van der Waals surface area contributed by atoms with Crippen LogP contribution < -0.4 is 0 Å². The molecule has 1 aromatic carbocycles. The van der Waals surface area contributed by atoms with Gasteiger partial charge >= 0.3 is 0 Å². The fourth-order valence-electron chi connectivity index (χ4n) is 1.56. The highest BCUT2D eigenvalue weighted by molar-refractivity contribution is 5.58. The Bertz CT molecular complexity index is 421. The fraction of sp³-hybridized carbons (Fsp3) is 0.250. The lowest BCUT2D eigenvalue weighted by Gasteiger charge is -2.09. The van der Waals surface area contributed by atoms with Gasteiger partial charge in [0.1, 0.15) is 12.0 Å². The molecule has 2 rings (SSSR count). The van der Waals surface area contributed by atoms with Crippen molar-refractivity contribution in [3.63, 3.8) is 0 Å². The highest BCUT2D eigenvalue weighted by Crippen LogP contribution is 2.18. The van der Waals surface area contributed by atoms with Crippen LogP contribution in [0, 0.1) is 0 Å². The second kappa shape index (κ2) is 4.28. The zero-order valence-corrected chi connectivity index (χ0v) is 8.97. The topological polar surface area (TPSA) is 29.3 Å². The van der Waals surface area contributed by atoms with Crippen molar-refractivity contribution in [2.75, 3.05) is 14.1 Å². The molecule has 1 aromatic heterocycles. The number of hydrogen-bond donors (Lipinski definition) is 0. The summed E-state index contributed by atoms with van der Waals surface area (Å²) in [5.41, 5.74) is 3.26. The smallest absolute Gasteiger partial charge is 0.124 e. The lowest BCUT2D eigenvalue weighted by molar-refractivity contribution is 0.402. The Labute approximate surface area is 89.3 Å². The van der Waals surface area contributed by atoms with Gasteiger partial charge in [-0.15, -0.1) is 0 Å². The summed E-state index contributed by atoms with van der Waals surface area (Å²) in [5, 5.41) is 3.92. The van der Waals surface area contributed by atoms with Crippen LogP contribution in [0.25, 0.3) is 11.3 Å². The number of rotatable bonds is 3. The van der Waals surface area contributed by atoms with Gasteiger partial charge < -0.3 is 9.42 Å². The van der Waals surface area contributed by atoms with E-state index in [1.165, 1.54) is 5.56 Å². The Morgan fingerprint density at radius 1 is 1.27 bits per heavy atom. The van der Waals surface area contributed by atoms with Crippen LogP contribution in [-0.2, 0) is 6.54 Å². The van der Waals surface area contributed by atoms with Crippen LogP contribution in [0.15, 0.2) is 41.1 Å². The van der Waals surface area contributed by atoms with Gasteiger partial charge in [0.2, 0.25) is 0 Å². The molecule has 0 aliphatic heterocycles. The Hall–Kier alpha value is -1.61. The molecule has 0 aliphatic rings. The van der Waals surface area contributed by atoms with Gasteiger partial charge in [-0.1, -0.05) is 23.4 Å². The van der Waals surface area contributed by atoms with Gasteiger partial charge in [0.15, 0.2) is 0 Å². The van der Waals surface area contributed by atoms with Gasteiger partial charge in [-0.2, -0.15) is 0 Å². The highest BCUT2D eigenvalue weighted by atomic mass is 16.5. The van der Waals surface area contributed by atoms with Crippen LogP contribution >= 0.6 is 0 Å². The predicted molar refractivity (Wildman–Crippen MR) is 59.3 cm³/mol. The molecule has 3 heteroatoms. The SMILES string of the molecule is CN(C)Cc1cccc(-c2ccon2)c1. The summed E-state index contributed by atoms with van der Waals surface area (Å²) in [4.78, 5) is 2.14. The van der Waals surface area contributed by atoms with Crippen molar-refractivity contribution in [2.45, 2.75) is 6.54 Å². The number of benzene rings is 1. The summed E-state index contributed by atoms with van der Waals surface area (Å²) in [7, 11) is 4.12. The molecular weight excluding hydrogens is 188 g/mol. The monoisotopic (exact) mass is 202 g/mol. The molecule has 0 aliphatic carbocycles. The van der Waals surface area contributed by atoms with Crippen molar-refractivity contribution in [1.29, 1.82) is 0 Å². The third-order valence-electron chi connectivity index (χ3n) is 2.16. The maximum Gasteiger partial charge on any atom is 0.124 e. The van der Waals surface area contributed by atoms with Gasteiger partial charge in [-0.3, -0.25) is 0 Å². The molecule has 0 bridgehead atoms. The largest absolute Gasteiger partial charge is 0.364 e. The first-order chi connectivity index (χ1) is 7.25.